The number of morpholine rings is 1. The smallest absolute Gasteiger partial charge is 0.436 e. The molecule has 1 aliphatic heterocycles. The number of nitrogens with zero attached hydrogens (tertiary/aromatic N) is 2. The second-order valence-corrected chi connectivity index (χ2v) is 8.03. The van der Waals surface area contributed by atoms with Crippen LogP contribution in [0.25, 0.3) is 0 Å². The molecule has 172 valence electrons. The number of amides is 3. The van der Waals surface area contributed by atoms with Crippen molar-refractivity contribution in [2.24, 2.45) is 5.92 Å². The van der Waals surface area contributed by atoms with Gasteiger partial charge in [0.15, 0.2) is 5.89 Å². The number of rotatable bonds is 9. The summed E-state index contributed by atoms with van der Waals surface area (Å²) in [5, 5.41) is 24.3. The molecule has 12 heteroatoms. The molecule has 1 aromatic heterocycles. The van der Waals surface area contributed by atoms with E-state index in [1.165, 1.54) is 0 Å². The molecule has 2 atom stereocenters. The Labute approximate surface area is 181 Å². The van der Waals surface area contributed by atoms with Crippen molar-refractivity contribution in [2.45, 2.75) is 52.5 Å². The molecule has 4 N–H and O–H groups in total. The van der Waals surface area contributed by atoms with Crippen molar-refractivity contribution >= 4 is 24.8 Å². The van der Waals surface area contributed by atoms with E-state index in [2.05, 4.69) is 15.6 Å². The molecule has 0 saturated carbocycles. The molecular weight excluding hydrogens is 407 g/mol. The summed E-state index contributed by atoms with van der Waals surface area (Å²) in [4.78, 5) is 43.9. The van der Waals surface area contributed by atoms with E-state index in [1.807, 2.05) is 13.8 Å². The van der Waals surface area contributed by atoms with Gasteiger partial charge in [-0.05, 0) is 19.3 Å². The van der Waals surface area contributed by atoms with Crippen molar-refractivity contribution in [1.82, 2.24) is 20.5 Å². The molecule has 1 fully saturated rings. The summed E-state index contributed by atoms with van der Waals surface area (Å²) in [5.74, 6) is -2.31. The topological polar surface area (TPSA) is 154 Å². The zero-order valence-corrected chi connectivity index (χ0v) is 18.4. The number of aryl methyl sites for hydroxylation is 2. The third kappa shape index (κ3) is 7.33. The molecule has 1 saturated heterocycles. The van der Waals surface area contributed by atoms with Crippen LogP contribution < -0.4 is 10.6 Å². The third-order valence-corrected chi connectivity index (χ3v) is 4.89. The van der Waals surface area contributed by atoms with Gasteiger partial charge in [0, 0.05) is 20.0 Å². The Hall–Kier alpha value is -2.44. The average Bonchev–Trinajstić information content (AvgIpc) is 3.05. The molecule has 2 rings (SSSR count). The molecule has 0 radical (unpaired) electrons. The number of oxazole rings is 1. The van der Waals surface area contributed by atoms with Gasteiger partial charge in [0.05, 0.1) is 31.3 Å². The summed E-state index contributed by atoms with van der Waals surface area (Å²) >= 11 is 0. The summed E-state index contributed by atoms with van der Waals surface area (Å²) in [5.41, 5.74) is 0.358. The number of carbonyl (C=O) groups is 3. The lowest BCUT2D eigenvalue weighted by Crippen LogP contribution is -2.55. The first kappa shape index (κ1) is 24.8. The average molecular weight is 438 g/mol. The highest BCUT2D eigenvalue weighted by Crippen LogP contribution is 2.12. The molecule has 0 aromatic carbocycles. The van der Waals surface area contributed by atoms with E-state index in [9.17, 15) is 24.4 Å². The van der Waals surface area contributed by atoms with Gasteiger partial charge in [-0.1, -0.05) is 13.8 Å². The molecule has 0 unspecified atom stereocenters. The lowest BCUT2D eigenvalue weighted by atomic mass is 9.75. The van der Waals surface area contributed by atoms with Crippen LogP contribution in [-0.2, 0) is 14.3 Å². The van der Waals surface area contributed by atoms with Crippen molar-refractivity contribution in [2.75, 3.05) is 26.3 Å². The largest absolute Gasteiger partial charge is 0.475 e. The fourth-order valence-corrected chi connectivity index (χ4v) is 3.34. The number of carbonyl (C=O) groups excluding carboxylic acids is 3. The highest BCUT2D eigenvalue weighted by molar-refractivity contribution is 6.43. The molecule has 1 aromatic rings. The van der Waals surface area contributed by atoms with Gasteiger partial charge in [0.2, 0.25) is 17.6 Å². The molecule has 0 spiro atoms. The zero-order valence-electron chi connectivity index (χ0n) is 18.4. The standard InChI is InChI=1S/C19H31BN4O7/c1-11(2)9-15(20(28)29)23-18(26)14(10-16(25)24-5-7-30-8-6-24)22-19(27)17-12(3)21-13(4)31-17/h11,14-15,28-29H,5-10H2,1-4H3,(H,22,27)(H,23,26)/t14-,15+/m1/s1. The van der Waals surface area contributed by atoms with Crippen LogP contribution in [0.15, 0.2) is 4.42 Å². The van der Waals surface area contributed by atoms with Crippen LogP contribution >= 0.6 is 0 Å². The first-order chi connectivity index (χ1) is 14.6. The second-order valence-electron chi connectivity index (χ2n) is 8.03. The van der Waals surface area contributed by atoms with Crippen molar-refractivity contribution < 1.29 is 33.6 Å². The minimum Gasteiger partial charge on any atom is -0.436 e. The number of hydrogen-bond acceptors (Lipinski definition) is 8. The summed E-state index contributed by atoms with van der Waals surface area (Å²) < 4.78 is 10.5. The Bertz CT molecular complexity index is 777. The quantitative estimate of drug-likeness (QED) is 0.365. The van der Waals surface area contributed by atoms with Gasteiger partial charge in [-0.15, -0.1) is 0 Å². The van der Waals surface area contributed by atoms with E-state index in [-0.39, 0.29) is 24.0 Å². The minimum absolute atomic E-state index is 0.0463. The Morgan fingerprint density at radius 2 is 1.81 bits per heavy atom. The molecule has 0 bridgehead atoms. The van der Waals surface area contributed by atoms with Crippen LogP contribution in [0.4, 0.5) is 0 Å². The zero-order chi connectivity index (χ0) is 23.1. The van der Waals surface area contributed by atoms with E-state index in [4.69, 9.17) is 9.15 Å². The second kappa shape index (κ2) is 11.3. The number of nitrogens with one attached hydrogen (secondary N) is 2. The summed E-state index contributed by atoms with van der Waals surface area (Å²) in [6.45, 7) is 8.53. The van der Waals surface area contributed by atoms with Gasteiger partial charge in [-0.2, -0.15) is 0 Å². The van der Waals surface area contributed by atoms with Crippen LogP contribution in [0.2, 0.25) is 0 Å². The molecular formula is C19H31BN4O7. The molecule has 1 aliphatic rings. The van der Waals surface area contributed by atoms with Crippen LogP contribution in [-0.4, -0.2) is 83.1 Å². The minimum atomic E-state index is -1.78. The summed E-state index contributed by atoms with van der Waals surface area (Å²) in [7, 11) is -1.78. The molecule has 3 amide bonds. The van der Waals surface area contributed by atoms with Gasteiger partial charge in [-0.3, -0.25) is 14.4 Å². The van der Waals surface area contributed by atoms with Gasteiger partial charge < -0.3 is 34.7 Å². The van der Waals surface area contributed by atoms with E-state index >= 15 is 0 Å². The van der Waals surface area contributed by atoms with Gasteiger partial charge in [0.25, 0.3) is 5.91 Å². The number of hydrogen-bond donors (Lipinski definition) is 4. The first-order valence-corrected chi connectivity index (χ1v) is 10.4. The molecule has 31 heavy (non-hydrogen) atoms. The molecule has 11 nitrogen and oxygen atoms in total. The fourth-order valence-electron chi connectivity index (χ4n) is 3.34. The van der Waals surface area contributed by atoms with Crippen molar-refractivity contribution in [1.29, 1.82) is 0 Å². The third-order valence-electron chi connectivity index (χ3n) is 4.89. The van der Waals surface area contributed by atoms with Crippen LogP contribution in [0.3, 0.4) is 0 Å². The Morgan fingerprint density at radius 3 is 2.32 bits per heavy atom. The molecule has 2 heterocycles. The first-order valence-electron chi connectivity index (χ1n) is 10.4. The maximum Gasteiger partial charge on any atom is 0.475 e. The maximum absolute atomic E-state index is 12.9. The van der Waals surface area contributed by atoms with Gasteiger partial charge >= 0.3 is 7.12 Å². The van der Waals surface area contributed by atoms with Gasteiger partial charge in [-0.25, -0.2) is 4.98 Å². The summed E-state index contributed by atoms with van der Waals surface area (Å²) in [6, 6.07) is -1.24. The van der Waals surface area contributed by atoms with Crippen LogP contribution in [0.1, 0.15) is 48.8 Å². The SMILES string of the molecule is Cc1nc(C)c(C(=O)N[C@H](CC(=O)N2CCOCC2)C(=O)N[C@@H](CC(C)C)B(O)O)o1. The highest BCUT2D eigenvalue weighted by atomic mass is 16.5. The van der Waals surface area contributed by atoms with Crippen molar-refractivity contribution in [3.63, 3.8) is 0 Å². The lowest BCUT2D eigenvalue weighted by Gasteiger charge is -2.29. The fraction of sp³-hybridized carbons (Fsp3) is 0.684. The number of aromatic nitrogens is 1. The normalized spacial score (nSPS) is 16.0. The van der Waals surface area contributed by atoms with Crippen LogP contribution in [0, 0.1) is 19.8 Å². The van der Waals surface area contributed by atoms with E-state index < -0.39 is 30.9 Å². The lowest BCUT2D eigenvalue weighted by molar-refractivity contribution is -0.138. The van der Waals surface area contributed by atoms with E-state index in [1.54, 1.807) is 18.7 Å². The van der Waals surface area contributed by atoms with Crippen molar-refractivity contribution in [3.8, 4) is 0 Å². The van der Waals surface area contributed by atoms with E-state index in [0.717, 1.165) is 0 Å². The van der Waals surface area contributed by atoms with E-state index in [0.29, 0.717) is 44.3 Å². The molecule has 0 aliphatic carbocycles. The number of ether oxygens (including phenoxy) is 1. The van der Waals surface area contributed by atoms with Crippen molar-refractivity contribution in [3.05, 3.63) is 17.3 Å². The maximum atomic E-state index is 12.9. The predicted molar refractivity (Wildman–Crippen MR) is 111 cm³/mol. The Kier molecular flexibility index (Phi) is 9.02. The highest BCUT2D eigenvalue weighted by Gasteiger charge is 2.33. The Morgan fingerprint density at radius 1 is 1.16 bits per heavy atom. The predicted octanol–water partition coefficient (Wildman–Crippen LogP) is -0.818. The van der Waals surface area contributed by atoms with Gasteiger partial charge in [0.1, 0.15) is 6.04 Å². The monoisotopic (exact) mass is 438 g/mol. The summed E-state index contributed by atoms with van der Waals surface area (Å²) in [6.07, 6.45) is 0.0154. The van der Waals surface area contributed by atoms with Crippen LogP contribution in [0.5, 0.6) is 0 Å². The Balaban J connectivity index is 2.17.